The van der Waals surface area contributed by atoms with Crippen molar-refractivity contribution in [2.75, 3.05) is 6.61 Å². The molecule has 0 aliphatic rings. The molecule has 98 valence electrons. The maximum atomic E-state index is 8.85. The summed E-state index contributed by atoms with van der Waals surface area (Å²) in [6, 6.07) is 5.26. The monoisotopic (exact) mass is 255 g/mol. The normalized spacial score (nSPS) is 15.1. The van der Waals surface area contributed by atoms with Crippen molar-refractivity contribution in [2.24, 2.45) is 5.92 Å². The number of hydrogen-bond acceptors (Lipinski definition) is 3. The van der Waals surface area contributed by atoms with Crippen molar-refractivity contribution >= 4 is 11.3 Å². The van der Waals surface area contributed by atoms with Crippen molar-refractivity contribution in [3.8, 4) is 0 Å². The van der Waals surface area contributed by atoms with Crippen LogP contribution in [0.15, 0.2) is 17.5 Å². The highest BCUT2D eigenvalue weighted by Gasteiger charge is 2.16. The summed E-state index contributed by atoms with van der Waals surface area (Å²) < 4.78 is 0. The van der Waals surface area contributed by atoms with Crippen LogP contribution in [-0.4, -0.2) is 17.8 Å². The number of aliphatic hydroxyl groups excluding tert-OH is 1. The lowest BCUT2D eigenvalue weighted by atomic mass is 10.0. The lowest BCUT2D eigenvalue weighted by molar-refractivity contribution is 0.271. The predicted octanol–water partition coefficient (Wildman–Crippen LogP) is 3.59. The zero-order valence-corrected chi connectivity index (χ0v) is 12.0. The van der Waals surface area contributed by atoms with Crippen molar-refractivity contribution in [1.29, 1.82) is 0 Å². The molecule has 3 heteroatoms. The standard InChI is InChI=1S/C14H25NOS/c1-11(2)10-13(14-7-5-9-17-14)15-12(3)6-4-8-16/h5,7,9,11-13,15-16H,4,6,8,10H2,1-3H3. The quantitative estimate of drug-likeness (QED) is 0.744. The van der Waals surface area contributed by atoms with Crippen LogP contribution >= 0.6 is 11.3 Å². The Morgan fingerprint density at radius 3 is 2.65 bits per heavy atom. The minimum atomic E-state index is 0.292. The van der Waals surface area contributed by atoms with E-state index >= 15 is 0 Å². The first-order chi connectivity index (χ1) is 8.13. The second-order valence-corrected chi connectivity index (χ2v) is 6.11. The smallest absolute Gasteiger partial charge is 0.0431 e. The summed E-state index contributed by atoms with van der Waals surface area (Å²) >= 11 is 1.83. The van der Waals surface area contributed by atoms with E-state index in [1.807, 2.05) is 11.3 Å². The molecule has 0 saturated heterocycles. The van der Waals surface area contributed by atoms with Gasteiger partial charge in [0.05, 0.1) is 0 Å². The number of thiophene rings is 1. The molecule has 1 aromatic heterocycles. The summed E-state index contributed by atoms with van der Waals surface area (Å²) in [5.41, 5.74) is 0. The molecule has 0 aromatic carbocycles. The summed E-state index contributed by atoms with van der Waals surface area (Å²) in [5.74, 6) is 0.694. The van der Waals surface area contributed by atoms with Gasteiger partial charge in [0.2, 0.25) is 0 Å². The molecule has 1 rings (SSSR count). The first kappa shape index (κ1) is 14.7. The molecule has 0 amide bonds. The fraction of sp³-hybridized carbons (Fsp3) is 0.714. The maximum Gasteiger partial charge on any atom is 0.0431 e. The van der Waals surface area contributed by atoms with E-state index < -0.39 is 0 Å². The summed E-state index contributed by atoms with van der Waals surface area (Å²) in [4.78, 5) is 1.43. The van der Waals surface area contributed by atoms with Gasteiger partial charge in [-0.25, -0.2) is 0 Å². The minimum absolute atomic E-state index is 0.292. The van der Waals surface area contributed by atoms with Crippen LogP contribution in [0.2, 0.25) is 0 Å². The molecule has 0 radical (unpaired) electrons. The molecule has 2 unspecified atom stereocenters. The highest BCUT2D eigenvalue weighted by atomic mass is 32.1. The van der Waals surface area contributed by atoms with Gasteiger partial charge in [-0.05, 0) is 43.6 Å². The zero-order chi connectivity index (χ0) is 12.7. The Balaban J connectivity index is 2.52. The highest BCUT2D eigenvalue weighted by molar-refractivity contribution is 7.10. The Morgan fingerprint density at radius 1 is 1.35 bits per heavy atom. The van der Waals surface area contributed by atoms with Crippen molar-refractivity contribution in [2.45, 2.75) is 52.1 Å². The molecule has 0 aliphatic carbocycles. The Hall–Kier alpha value is -0.380. The lowest BCUT2D eigenvalue weighted by Gasteiger charge is -2.24. The summed E-state index contributed by atoms with van der Waals surface area (Å²) in [7, 11) is 0. The van der Waals surface area contributed by atoms with Gasteiger partial charge in [-0.15, -0.1) is 11.3 Å². The van der Waals surface area contributed by atoms with Gasteiger partial charge in [-0.3, -0.25) is 0 Å². The van der Waals surface area contributed by atoms with Gasteiger partial charge < -0.3 is 10.4 Å². The molecule has 0 fully saturated rings. The van der Waals surface area contributed by atoms with E-state index in [4.69, 9.17) is 5.11 Å². The van der Waals surface area contributed by atoms with Gasteiger partial charge in [0.1, 0.15) is 0 Å². The summed E-state index contributed by atoms with van der Waals surface area (Å²) in [6.07, 6.45) is 3.09. The van der Waals surface area contributed by atoms with Gasteiger partial charge in [0, 0.05) is 23.6 Å². The third kappa shape index (κ3) is 5.66. The molecule has 0 bridgehead atoms. The van der Waals surface area contributed by atoms with Crippen LogP contribution in [0, 0.1) is 5.92 Å². The minimum Gasteiger partial charge on any atom is -0.396 e. The molecule has 2 nitrogen and oxygen atoms in total. The molecule has 0 saturated carbocycles. The van der Waals surface area contributed by atoms with E-state index in [2.05, 4.69) is 43.6 Å². The van der Waals surface area contributed by atoms with Crippen LogP contribution in [0.3, 0.4) is 0 Å². The number of hydrogen-bond donors (Lipinski definition) is 2. The maximum absolute atomic E-state index is 8.85. The molecule has 0 spiro atoms. The molecule has 2 N–H and O–H groups in total. The average Bonchev–Trinajstić information content (AvgIpc) is 2.78. The third-order valence-electron chi connectivity index (χ3n) is 2.87. The van der Waals surface area contributed by atoms with Gasteiger partial charge in [0.25, 0.3) is 0 Å². The van der Waals surface area contributed by atoms with Gasteiger partial charge in [0.15, 0.2) is 0 Å². The van der Waals surface area contributed by atoms with E-state index in [9.17, 15) is 0 Å². The Morgan fingerprint density at radius 2 is 2.12 bits per heavy atom. The number of rotatable bonds is 8. The zero-order valence-electron chi connectivity index (χ0n) is 11.1. The Labute approximate surface area is 109 Å². The van der Waals surface area contributed by atoms with Crippen LogP contribution in [0.25, 0.3) is 0 Å². The fourth-order valence-corrected chi connectivity index (χ4v) is 2.85. The van der Waals surface area contributed by atoms with Gasteiger partial charge >= 0.3 is 0 Å². The van der Waals surface area contributed by atoms with Gasteiger partial charge in [-0.2, -0.15) is 0 Å². The first-order valence-corrected chi connectivity index (χ1v) is 7.41. The van der Waals surface area contributed by atoms with Crippen LogP contribution in [0.1, 0.15) is 51.0 Å². The van der Waals surface area contributed by atoms with E-state index in [1.165, 1.54) is 11.3 Å². The van der Waals surface area contributed by atoms with E-state index in [1.54, 1.807) is 0 Å². The van der Waals surface area contributed by atoms with Crippen LogP contribution in [0.5, 0.6) is 0 Å². The lowest BCUT2D eigenvalue weighted by Crippen LogP contribution is -2.31. The van der Waals surface area contributed by atoms with Crippen molar-refractivity contribution in [3.63, 3.8) is 0 Å². The van der Waals surface area contributed by atoms with E-state index in [0.29, 0.717) is 24.6 Å². The Kier molecular flexibility index (Phi) is 6.78. The number of nitrogens with one attached hydrogen (secondary N) is 1. The summed E-state index contributed by atoms with van der Waals surface area (Å²) in [6.45, 7) is 7.03. The van der Waals surface area contributed by atoms with E-state index in [-0.39, 0.29) is 0 Å². The molecule has 0 aliphatic heterocycles. The highest BCUT2D eigenvalue weighted by Crippen LogP contribution is 2.26. The van der Waals surface area contributed by atoms with Crippen molar-refractivity contribution < 1.29 is 5.11 Å². The number of aliphatic hydroxyl groups is 1. The molecular formula is C14H25NOS. The fourth-order valence-electron chi connectivity index (χ4n) is 2.05. The van der Waals surface area contributed by atoms with Gasteiger partial charge in [-0.1, -0.05) is 19.9 Å². The summed E-state index contributed by atoms with van der Waals surface area (Å²) in [5, 5.41) is 14.7. The molecule has 17 heavy (non-hydrogen) atoms. The van der Waals surface area contributed by atoms with Crippen molar-refractivity contribution in [3.05, 3.63) is 22.4 Å². The second kappa shape index (κ2) is 7.85. The first-order valence-electron chi connectivity index (χ1n) is 6.53. The van der Waals surface area contributed by atoms with Crippen LogP contribution < -0.4 is 5.32 Å². The SMILES string of the molecule is CC(C)CC(NC(C)CCCO)c1cccs1. The topological polar surface area (TPSA) is 32.3 Å². The average molecular weight is 255 g/mol. The largest absolute Gasteiger partial charge is 0.396 e. The van der Waals surface area contributed by atoms with Crippen molar-refractivity contribution in [1.82, 2.24) is 5.32 Å². The second-order valence-electron chi connectivity index (χ2n) is 5.13. The molecule has 2 atom stereocenters. The molecular weight excluding hydrogens is 230 g/mol. The Bertz CT molecular complexity index is 284. The molecule has 1 heterocycles. The van der Waals surface area contributed by atoms with E-state index in [0.717, 1.165) is 12.8 Å². The predicted molar refractivity (Wildman–Crippen MR) is 75.4 cm³/mol. The molecule has 1 aromatic rings. The third-order valence-corrected chi connectivity index (χ3v) is 3.86. The van der Waals surface area contributed by atoms with Crippen LogP contribution in [-0.2, 0) is 0 Å². The van der Waals surface area contributed by atoms with Crippen LogP contribution in [0.4, 0.5) is 0 Å².